The highest BCUT2D eigenvalue weighted by Gasteiger charge is 2.52. The predicted octanol–water partition coefficient (Wildman–Crippen LogP) is 2.37. The van der Waals surface area contributed by atoms with Gasteiger partial charge in [0.1, 0.15) is 30.7 Å². The van der Waals surface area contributed by atoms with Crippen molar-refractivity contribution in [1.82, 2.24) is 30.2 Å². The molecule has 0 aromatic heterocycles. The number of nitrogens with zero attached hydrogens (tertiary/aromatic N) is 4. The summed E-state index contributed by atoms with van der Waals surface area (Å²) in [6.07, 6.45) is 2.84. The molecule has 0 bridgehead atoms. The van der Waals surface area contributed by atoms with Gasteiger partial charge in [0.05, 0.1) is 6.54 Å². The molecule has 6 amide bonds. The highest BCUT2D eigenvalue weighted by molar-refractivity contribution is 6.02. The molecule has 13 heteroatoms. The Balaban J connectivity index is 1.46. The number of carbonyl (C=O) groups is 6. The summed E-state index contributed by atoms with van der Waals surface area (Å²) in [7, 11) is 0. The van der Waals surface area contributed by atoms with E-state index in [1.54, 1.807) is 29.2 Å². The molecule has 3 N–H and O–H groups in total. The second kappa shape index (κ2) is 15.7. The third-order valence-electron chi connectivity index (χ3n) is 11.3. The minimum atomic E-state index is -2.13. The van der Waals surface area contributed by atoms with Crippen molar-refractivity contribution < 1.29 is 33.9 Å². The number of nitrogens with one attached hydrogen (secondary N) is 2. The first-order valence-electron chi connectivity index (χ1n) is 19.0. The summed E-state index contributed by atoms with van der Waals surface area (Å²) >= 11 is 0. The Morgan fingerprint density at radius 1 is 0.811 bits per heavy atom. The van der Waals surface area contributed by atoms with Gasteiger partial charge in [-0.2, -0.15) is 0 Å². The van der Waals surface area contributed by atoms with Crippen molar-refractivity contribution >= 4 is 35.4 Å². The molecule has 0 aliphatic carbocycles. The maximum absolute atomic E-state index is 14.8. The zero-order valence-corrected chi connectivity index (χ0v) is 31.1. The lowest BCUT2D eigenvalue weighted by molar-refractivity contribution is -0.153. The number of aliphatic hydroxyl groups is 1. The molecule has 0 saturated carbocycles. The minimum Gasteiger partial charge on any atom is -0.365 e. The van der Waals surface area contributed by atoms with Crippen LogP contribution in [0.3, 0.4) is 0 Å². The number of hydrogen-bond donors (Lipinski definition) is 3. The molecule has 53 heavy (non-hydrogen) atoms. The Kier molecular flexibility index (Phi) is 11.2. The van der Waals surface area contributed by atoms with Crippen molar-refractivity contribution in [3.05, 3.63) is 71.3 Å². The predicted molar refractivity (Wildman–Crippen MR) is 195 cm³/mol. The zero-order valence-electron chi connectivity index (χ0n) is 31.1. The summed E-state index contributed by atoms with van der Waals surface area (Å²) < 4.78 is 0. The Labute approximate surface area is 311 Å². The van der Waals surface area contributed by atoms with Crippen LogP contribution in [0.4, 0.5) is 0 Å². The van der Waals surface area contributed by atoms with E-state index in [0.29, 0.717) is 45.2 Å². The Morgan fingerprint density at radius 3 is 2.13 bits per heavy atom. The summed E-state index contributed by atoms with van der Waals surface area (Å²) in [4.78, 5) is 91.1. The first-order valence-corrected chi connectivity index (χ1v) is 19.0. The van der Waals surface area contributed by atoms with Gasteiger partial charge in [0.15, 0.2) is 5.72 Å². The third-order valence-corrected chi connectivity index (χ3v) is 11.3. The van der Waals surface area contributed by atoms with Crippen LogP contribution in [-0.2, 0) is 36.2 Å². The second-order valence-corrected chi connectivity index (χ2v) is 15.4. The number of benzene rings is 2. The summed E-state index contributed by atoms with van der Waals surface area (Å²) in [5.41, 5.74) is -0.927. The van der Waals surface area contributed by atoms with Crippen molar-refractivity contribution in [3.63, 3.8) is 0 Å². The Bertz CT molecular complexity index is 1730. The molecule has 4 aliphatic rings. The van der Waals surface area contributed by atoms with Crippen LogP contribution in [0.25, 0.3) is 0 Å². The smallest absolute Gasteiger partial charge is 0.257 e. The first-order chi connectivity index (χ1) is 25.3. The second-order valence-electron chi connectivity index (χ2n) is 15.4. The number of fused-ring (bicyclic) bond motifs is 5. The molecule has 6 rings (SSSR count). The van der Waals surface area contributed by atoms with Crippen LogP contribution in [-0.4, -0.2) is 110 Å². The minimum absolute atomic E-state index is 0.0180. The number of amides is 6. The van der Waals surface area contributed by atoms with Gasteiger partial charge in [-0.25, -0.2) is 0 Å². The van der Waals surface area contributed by atoms with Crippen molar-refractivity contribution in [2.45, 2.75) is 103 Å². The van der Waals surface area contributed by atoms with Crippen LogP contribution >= 0.6 is 0 Å². The first kappa shape index (κ1) is 38.0. The molecule has 0 spiro atoms. The van der Waals surface area contributed by atoms with Gasteiger partial charge in [-0.3, -0.25) is 33.7 Å². The standard InChI is InChI=1S/C40H52N6O7/c1-5-26(4)34-39(52)45-20-12-18-32(45)38(51)44-19-11-17-31(44)35(48)41-30(21-25(2)3)37(50)43(22-27-13-7-6-8-14-27)24-40(53)29-16-10-9-15-28(29)36(49)46(40)23-33(47)42-34/h6-10,13-16,25-26,30-32,34,53H,5,11-12,17-24H2,1-4H3,(H,41,48)(H,42,47)/t26-,30-,31+,32+,34-,40+/m0/s1. The van der Waals surface area contributed by atoms with Crippen LogP contribution in [0, 0.1) is 11.8 Å². The van der Waals surface area contributed by atoms with Crippen molar-refractivity contribution in [1.29, 1.82) is 0 Å². The molecule has 3 saturated heterocycles. The Morgan fingerprint density at radius 2 is 1.45 bits per heavy atom. The maximum Gasteiger partial charge on any atom is 0.257 e. The number of β-amino-alcohol motifs (C(OH)–C–C–N with tert-alkyl or cyclic N) is 1. The van der Waals surface area contributed by atoms with Gasteiger partial charge in [0, 0.05) is 30.8 Å². The maximum atomic E-state index is 14.8. The molecule has 4 aliphatic heterocycles. The molecule has 6 atom stereocenters. The number of carbonyl (C=O) groups excluding carboxylic acids is 6. The van der Waals surface area contributed by atoms with E-state index in [1.807, 2.05) is 58.0 Å². The molecule has 2 aromatic carbocycles. The van der Waals surface area contributed by atoms with Gasteiger partial charge in [-0.15, -0.1) is 0 Å². The van der Waals surface area contributed by atoms with Crippen LogP contribution in [0.2, 0.25) is 0 Å². The fourth-order valence-electron chi connectivity index (χ4n) is 8.32. The zero-order chi connectivity index (χ0) is 38.0. The van der Waals surface area contributed by atoms with Crippen LogP contribution in [0.15, 0.2) is 54.6 Å². The van der Waals surface area contributed by atoms with Crippen molar-refractivity contribution in [2.24, 2.45) is 11.8 Å². The fraction of sp³-hybridized carbons (Fsp3) is 0.550. The van der Waals surface area contributed by atoms with Gasteiger partial charge >= 0.3 is 0 Å². The molecule has 2 aromatic rings. The third kappa shape index (κ3) is 7.53. The average molecular weight is 729 g/mol. The fourth-order valence-corrected chi connectivity index (χ4v) is 8.32. The molecule has 13 nitrogen and oxygen atoms in total. The summed E-state index contributed by atoms with van der Waals surface area (Å²) in [5, 5.41) is 18.6. The largest absolute Gasteiger partial charge is 0.365 e. The van der Waals surface area contributed by atoms with E-state index < -0.39 is 72.5 Å². The molecular formula is C40H52N6O7. The lowest BCUT2D eigenvalue weighted by Crippen LogP contribution is -2.61. The van der Waals surface area contributed by atoms with E-state index in [-0.39, 0.29) is 41.8 Å². The lowest BCUT2D eigenvalue weighted by atomic mass is 9.97. The molecule has 3 fully saturated rings. The van der Waals surface area contributed by atoms with Crippen molar-refractivity contribution in [3.8, 4) is 0 Å². The Hall–Kier alpha value is -4.78. The molecule has 0 radical (unpaired) electrons. The lowest BCUT2D eigenvalue weighted by Gasteiger charge is -2.40. The van der Waals surface area contributed by atoms with Gasteiger partial charge in [0.25, 0.3) is 5.91 Å². The van der Waals surface area contributed by atoms with Gasteiger partial charge in [-0.05, 0) is 55.6 Å². The van der Waals surface area contributed by atoms with E-state index in [9.17, 15) is 33.9 Å². The number of hydrogen-bond acceptors (Lipinski definition) is 7. The van der Waals surface area contributed by atoms with Gasteiger partial charge < -0.3 is 30.4 Å². The van der Waals surface area contributed by atoms with E-state index in [4.69, 9.17) is 0 Å². The van der Waals surface area contributed by atoms with E-state index in [1.165, 1.54) is 9.80 Å². The topological polar surface area (TPSA) is 160 Å². The highest BCUT2D eigenvalue weighted by Crippen LogP contribution is 2.38. The monoisotopic (exact) mass is 728 g/mol. The van der Waals surface area contributed by atoms with Crippen molar-refractivity contribution in [2.75, 3.05) is 26.2 Å². The van der Waals surface area contributed by atoms with Crippen LogP contribution < -0.4 is 10.6 Å². The van der Waals surface area contributed by atoms with E-state index in [2.05, 4.69) is 10.6 Å². The normalized spacial score (nSPS) is 27.9. The SMILES string of the molecule is CC[C@H](C)[C@@H]1NC(=O)CN2C(=O)c3ccccc3[C@]2(O)CN(Cc2ccccc2)C(=O)[C@H](CC(C)C)NC(=O)[C@H]2CCCN2C(=O)[C@H]2CCCN2C1=O. The van der Waals surface area contributed by atoms with Gasteiger partial charge in [0.2, 0.25) is 29.5 Å². The van der Waals surface area contributed by atoms with E-state index in [0.717, 1.165) is 10.5 Å². The van der Waals surface area contributed by atoms with Gasteiger partial charge in [-0.1, -0.05) is 82.6 Å². The summed E-state index contributed by atoms with van der Waals surface area (Å²) in [6, 6.07) is 12.1. The summed E-state index contributed by atoms with van der Waals surface area (Å²) in [5.74, 6) is -3.21. The molecular weight excluding hydrogens is 676 g/mol. The van der Waals surface area contributed by atoms with Crippen LogP contribution in [0.1, 0.15) is 87.7 Å². The summed E-state index contributed by atoms with van der Waals surface area (Å²) in [6.45, 7) is 7.34. The quantitative estimate of drug-likeness (QED) is 0.412. The molecule has 284 valence electrons. The average Bonchev–Trinajstić information content (AvgIpc) is 3.89. The number of rotatable bonds is 6. The highest BCUT2D eigenvalue weighted by atomic mass is 16.3. The molecule has 4 heterocycles. The van der Waals surface area contributed by atoms with Crippen LogP contribution in [0.5, 0.6) is 0 Å². The van der Waals surface area contributed by atoms with E-state index >= 15 is 0 Å². The molecule has 0 unspecified atom stereocenters.